The van der Waals surface area contributed by atoms with Crippen LogP contribution in [-0.4, -0.2) is 49.8 Å². The van der Waals surface area contributed by atoms with Crippen molar-refractivity contribution < 1.29 is 9.84 Å². The average molecular weight is 250 g/mol. The second-order valence-corrected chi connectivity index (χ2v) is 4.88. The van der Waals surface area contributed by atoms with Crippen molar-refractivity contribution in [2.24, 2.45) is 0 Å². The van der Waals surface area contributed by atoms with Crippen molar-refractivity contribution in [3.63, 3.8) is 0 Å². The number of ether oxygens (including phenoxy) is 1. The Morgan fingerprint density at radius 3 is 3.06 bits per heavy atom. The van der Waals surface area contributed by atoms with Crippen molar-refractivity contribution in [1.29, 1.82) is 0 Å². The van der Waals surface area contributed by atoms with Crippen LogP contribution in [0.5, 0.6) is 5.75 Å². The maximum atomic E-state index is 10.3. The van der Waals surface area contributed by atoms with Crippen molar-refractivity contribution in [3.05, 3.63) is 29.8 Å². The fourth-order valence-corrected chi connectivity index (χ4v) is 2.39. The van der Waals surface area contributed by atoms with E-state index in [1.807, 2.05) is 24.3 Å². The van der Waals surface area contributed by atoms with Crippen molar-refractivity contribution in [2.45, 2.75) is 18.6 Å². The van der Waals surface area contributed by atoms with Crippen LogP contribution in [0, 0.1) is 0 Å². The molecule has 4 heteroatoms. The Hall–Kier alpha value is -1.10. The Kier molecular flexibility index (Phi) is 4.58. The number of rotatable bonds is 5. The molecular formula is C14H22N2O2. The maximum absolute atomic E-state index is 10.3. The second-order valence-electron chi connectivity index (χ2n) is 4.88. The molecule has 1 saturated heterocycles. The normalized spacial score (nSPS) is 21.2. The number of hydrogen-bond acceptors (Lipinski definition) is 4. The van der Waals surface area contributed by atoms with Gasteiger partial charge in [0, 0.05) is 19.1 Å². The zero-order chi connectivity index (χ0) is 13.0. The topological polar surface area (TPSA) is 44.7 Å². The molecule has 4 nitrogen and oxygen atoms in total. The minimum absolute atomic E-state index is 0.467. The quantitative estimate of drug-likeness (QED) is 0.819. The molecule has 1 aliphatic heterocycles. The van der Waals surface area contributed by atoms with Crippen molar-refractivity contribution in [2.75, 3.05) is 33.8 Å². The van der Waals surface area contributed by atoms with Crippen LogP contribution in [-0.2, 0) is 0 Å². The zero-order valence-corrected chi connectivity index (χ0v) is 11.1. The number of nitrogens with one attached hydrogen (secondary N) is 1. The van der Waals surface area contributed by atoms with Crippen molar-refractivity contribution >= 4 is 0 Å². The summed E-state index contributed by atoms with van der Waals surface area (Å²) in [5.74, 6) is 0.789. The summed E-state index contributed by atoms with van der Waals surface area (Å²) in [7, 11) is 3.71. The molecule has 1 fully saturated rings. The largest absolute Gasteiger partial charge is 0.497 e. The Labute approximate surface area is 109 Å². The Balaban J connectivity index is 1.95. The van der Waals surface area contributed by atoms with Crippen LogP contribution in [0.1, 0.15) is 18.1 Å². The molecule has 2 unspecified atom stereocenters. The highest BCUT2D eigenvalue weighted by Gasteiger charge is 2.21. The van der Waals surface area contributed by atoms with E-state index in [1.54, 1.807) is 7.11 Å². The number of nitrogens with zero attached hydrogens (tertiary/aromatic N) is 1. The van der Waals surface area contributed by atoms with Gasteiger partial charge in [-0.3, -0.25) is 4.90 Å². The fourth-order valence-electron chi connectivity index (χ4n) is 2.39. The van der Waals surface area contributed by atoms with Gasteiger partial charge >= 0.3 is 0 Å². The smallest absolute Gasteiger partial charge is 0.119 e. The third-order valence-electron chi connectivity index (χ3n) is 3.60. The lowest BCUT2D eigenvalue weighted by Crippen LogP contribution is -2.36. The second kappa shape index (κ2) is 6.18. The molecule has 1 heterocycles. The first-order valence-corrected chi connectivity index (χ1v) is 6.43. The van der Waals surface area contributed by atoms with Gasteiger partial charge in [-0.1, -0.05) is 12.1 Å². The fraction of sp³-hybridized carbons (Fsp3) is 0.571. The molecule has 0 spiro atoms. The SMILES string of the molecule is COc1cccc(C(O)CN(C)C2CCNC2)c1. The third-order valence-corrected chi connectivity index (χ3v) is 3.60. The molecule has 0 saturated carbocycles. The molecule has 1 aromatic rings. The van der Waals surface area contributed by atoms with Crippen LogP contribution < -0.4 is 10.1 Å². The van der Waals surface area contributed by atoms with Crippen molar-refractivity contribution in [3.8, 4) is 5.75 Å². The molecule has 0 radical (unpaired) electrons. The van der Waals surface area contributed by atoms with Crippen LogP contribution in [0.15, 0.2) is 24.3 Å². The standard InChI is InChI=1S/C14H22N2O2/c1-16(12-6-7-15-9-12)10-14(17)11-4-3-5-13(8-11)18-2/h3-5,8,12,14-15,17H,6-7,9-10H2,1-2H3. The van der Waals surface area contributed by atoms with E-state index in [4.69, 9.17) is 4.74 Å². The van der Waals surface area contributed by atoms with E-state index in [1.165, 1.54) is 0 Å². The summed E-state index contributed by atoms with van der Waals surface area (Å²) >= 11 is 0. The number of aliphatic hydroxyl groups is 1. The van der Waals surface area contributed by atoms with Crippen LogP contribution in [0.4, 0.5) is 0 Å². The van der Waals surface area contributed by atoms with Gasteiger partial charge in [-0.05, 0) is 37.7 Å². The summed E-state index contributed by atoms with van der Waals surface area (Å²) in [6, 6.07) is 8.17. The molecule has 2 N–H and O–H groups in total. The van der Waals surface area contributed by atoms with Crippen LogP contribution in [0.25, 0.3) is 0 Å². The Bertz CT molecular complexity index is 378. The Morgan fingerprint density at radius 1 is 1.56 bits per heavy atom. The van der Waals surface area contributed by atoms with Gasteiger partial charge in [0.25, 0.3) is 0 Å². The van der Waals surface area contributed by atoms with E-state index in [0.29, 0.717) is 12.6 Å². The minimum Gasteiger partial charge on any atom is -0.497 e. The predicted octanol–water partition coefficient (Wildman–Crippen LogP) is 1.02. The van der Waals surface area contributed by atoms with Gasteiger partial charge in [-0.25, -0.2) is 0 Å². The summed E-state index contributed by atoms with van der Waals surface area (Å²) < 4.78 is 5.18. The molecule has 100 valence electrons. The van der Waals surface area contributed by atoms with Gasteiger partial charge in [0.15, 0.2) is 0 Å². The van der Waals surface area contributed by atoms with E-state index in [0.717, 1.165) is 30.8 Å². The van der Waals surface area contributed by atoms with Gasteiger partial charge in [-0.15, -0.1) is 0 Å². The summed E-state index contributed by atoms with van der Waals surface area (Å²) in [5.41, 5.74) is 0.909. The number of aliphatic hydroxyl groups excluding tert-OH is 1. The van der Waals surface area contributed by atoms with Gasteiger partial charge in [0.05, 0.1) is 13.2 Å². The highest BCUT2D eigenvalue weighted by atomic mass is 16.5. The first-order valence-electron chi connectivity index (χ1n) is 6.43. The molecule has 1 aromatic carbocycles. The summed E-state index contributed by atoms with van der Waals surface area (Å²) in [6.07, 6.45) is 0.687. The molecule has 1 aliphatic rings. The summed E-state index contributed by atoms with van der Waals surface area (Å²) in [4.78, 5) is 2.23. The van der Waals surface area contributed by atoms with Gasteiger partial charge < -0.3 is 15.2 Å². The zero-order valence-electron chi connectivity index (χ0n) is 11.1. The summed E-state index contributed by atoms with van der Waals surface area (Å²) in [5, 5.41) is 13.6. The van der Waals surface area contributed by atoms with E-state index in [2.05, 4.69) is 17.3 Å². The molecule has 18 heavy (non-hydrogen) atoms. The third kappa shape index (κ3) is 3.22. The van der Waals surface area contributed by atoms with Crippen LogP contribution in [0.2, 0.25) is 0 Å². The molecule has 0 aliphatic carbocycles. The first-order chi connectivity index (χ1) is 8.70. The van der Waals surface area contributed by atoms with Crippen LogP contribution >= 0.6 is 0 Å². The van der Waals surface area contributed by atoms with Crippen LogP contribution in [0.3, 0.4) is 0 Å². The first kappa shape index (κ1) is 13.3. The molecule has 0 bridgehead atoms. The lowest BCUT2D eigenvalue weighted by molar-refractivity contribution is 0.108. The Morgan fingerprint density at radius 2 is 2.39 bits per heavy atom. The monoisotopic (exact) mass is 250 g/mol. The highest BCUT2D eigenvalue weighted by Crippen LogP contribution is 2.20. The number of likely N-dealkylation sites (N-methyl/N-ethyl adjacent to an activating group) is 1. The minimum atomic E-state index is -0.467. The number of hydrogen-bond donors (Lipinski definition) is 2. The van der Waals surface area contributed by atoms with E-state index in [-0.39, 0.29) is 0 Å². The number of benzene rings is 1. The van der Waals surface area contributed by atoms with Gasteiger partial charge in [0.1, 0.15) is 5.75 Å². The van der Waals surface area contributed by atoms with E-state index < -0.39 is 6.10 Å². The van der Waals surface area contributed by atoms with Crippen molar-refractivity contribution in [1.82, 2.24) is 10.2 Å². The molecular weight excluding hydrogens is 228 g/mol. The lowest BCUT2D eigenvalue weighted by Gasteiger charge is -2.26. The predicted molar refractivity (Wildman–Crippen MR) is 71.9 cm³/mol. The van der Waals surface area contributed by atoms with E-state index >= 15 is 0 Å². The average Bonchev–Trinajstić information content (AvgIpc) is 2.92. The molecule has 0 aromatic heterocycles. The lowest BCUT2D eigenvalue weighted by atomic mass is 10.1. The van der Waals surface area contributed by atoms with Gasteiger partial charge in [-0.2, -0.15) is 0 Å². The number of methoxy groups -OCH3 is 1. The maximum Gasteiger partial charge on any atom is 0.119 e. The molecule has 0 amide bonds. The van der Waals surface area contributed by atoms with E-state index in [9.17, 15) is 5.11 Å². The highest BCUT2D eigenvalue weighted by molar-refractivity contribution is 5.29. The van der Waals surface area contributed by atoms with Gasteiger partial charge in [0.2, 0.25) is 0 Å². The molecule has 2 rings (SSSR count). The summed E-state index contributed by atoms with van der Waals surface area (Å²) in [6.45, 7) is 2.74. The molecule has 2 atom stereocenters.